The van der Waals surface area contributed by atoms with E-state index in [1.807, 2.05) is 12.1 Å². The monoisotopic (exact) mass is 357 g/mol. The number of carbonyl (C=O) groups is 1. The van der Waals surface area contributed by atoms with E-state index in [0.29, 0.717) is 33.6 Å². The lowest BCUT2D eigenvalue weighted by Crippen LogP contribution is -2.20. The third kappa shape index (κ3) is 3.24. The Morgan fingerprint density at radius 2 is 2.04 bits per heavy atom. The molecule has 0 bridgehead atoms. The molecule has 0 fully saturated rings. The minimum absolute atomic E-state index is 0.0775. The Kier molecular flexibility index (Phi) is 3.95. The largest absolute Gasteiger partial charge is 0.454 e. The molecule has 1 N–H and O–H groups in total. The van der Waals surface area contributed by atoms with Crippen LogP contribution in [0.4, 0.5) is 5.69 Å². The van der Waals surface area contributed by atoms with Crippen molar-refractivity contribution in [2.24, 2.45) is 0 Å². The summed E-state index contributed by atoms with van der Waals surface area (Å²) < 4.78 is 10.5. The van der Waals surface area contributed by atoms with E-state index in [9.17, 15) is 4.79 Å². The number of rotatable bonds is 4. The van der Waals surface area contributed by atoms with Crippen LogP contribution >= 0.6 is 11.6 Å². The quantitative estimate of drug-likeness (QED) is 0.770. The number of halogens is 1. The SMILES string of the molecule is O=C(Cn1nnc(-c2ccccc2Cl)n1)Nc1ccc2c(c1)OCO2. The van der Waals surface area contributed by atoms with Crippen LogP contribution in [0.25, 0.3) is 11.4 Å². The van der Waals surface area contributed by atoms with Gasteiger partial charge in [0.05, 0.1) is 5.02 Å². The number of amides is 1. The first kappa shape index (κ1) is 15.4. The molecule has 2 heterocycles. The van der Waals surface area contributed by atoms with E-state index in [1.54, 1.807) is 30.3 Å². The minimum atomic E-state index is -0.290. The predicted molar refractivity (Wildman–Crippen MR) is 89.5 cm³/mol. The van der Waals surface area contributed by atoms with E-state index in [0.717, 1.165) is 0 Å². The molecule has 4 rings (SSSR count). The Labute approximate surface area is 147 Å². The summed E-state index contributed by atoms with van der Waals surface area (Å²) in [6, 6.07) is 12.3. The first-order chi connectivity index (χ1) is 12.2. The number of tetrazole rings is 1. The van der Waals surface area contributed by atoms with E-state index in [4.69, 9.17) is 21.1 Å². The molecule has 0 atom stereocenters. The number of hydrogen-bond donors (Lipinski definition) is 1. The highest BCUT2D eigenvalue weighted by Crippen LogP contribution is 2.34. The Bertz CT molecular complexity index is 943. The molecule has 1 aliphatic heterocycles. The second-order valence-corrected chi connectivity index (χ2v) is 5.65. The number of benzene rings is 2. The lowest BCUT2D eigenvalue weighted by molar-refractivity contribution is -0.117. The molecule has 3 aromatic rings. The van der Waals surface area contributed by atoms with E-state index in [-0.39, 0.29) is 19.2 Å². The molecule has 8 nitrogen and oxygen atoms in total. The van der Waals surface area contributed by atoms with Crippen LogP contribution in [0.15, 0.2) is 42.5 Å². The number of nitrogens with one attached hydrogen (secondary N) is 1. The zero-order chi connectivity index (χ0) is 17.2. The fourth-order valence-electron chi connectivity index (χ4n) is 2.36. The van der Waals surface area contributed by atoms with Gasteiger partial charge in [0.15, 0.2) is 11.5 Å². The van der Waals surface area contributed by atoms with Gasteiger partial charge in [-0.15, -0.1) is 10.2 Å². The number of carbonyl (C=O) groups excluding carboxylic acids is 1. The summed E-state index contributed by atoms with van der Waals surface area (Å²) in [5, 5.41) is 15.3. The first-order valence-corrected chi connectivity index (χ1v) is 7.79. The van der Waals surface area contributed by atoms with Crippen LogP contribution in [0.2, 0.25) is 5.02 Å². The fraction of sp³-hybridized carbons (Fsp3) is 0.125. The number of ether oxygens (including phenoxy) is 2. The van der Waals surface area contributed by atoms with Gasteiger partial charge < -0.3 is 14.8 Å². The van der Waals surface area contributed by atoms with E-state index in [2.05, 4.69) is 20.7 Å². The van der Waals surface area contributed by atoms with Crippen LogP contribution in [-0.2, 0) is 11.3 Å². The smallest absolute Gasteiger partial charge is 0.248 e. The maximum Gasteiger partial charge on any atom is 0.248 e. The number of nitrogens with zero attached hydrogens (tertiary/aromatic N) is 4. The molecule has 0 saturated carbocycles. The number of anilines is 1. The lowest BCUT2D eigenvalue weighted by Gasteiger charge is -2.05. The Morgan fingerprint density at radius 3 is 2.92 bits per heavy atom. The predicted octanol–water partition coefficient (Wildman–Crippen LogP) is 2.36. The van der Waals surface area contributed by atoms with Crippen LogP contribution in [-0.4, -0.2) is 32.9 Å². The number of fused-ring (bicyclic) bond motifs is 1. The maximum atomic E-state index is 12.2. The van der Waals surface area contributed by atoms with Crippen molar-refractivity contribution in [3.63, 3.8) is 0 Å². The van der Waals surface area contributed by atoms with Gasteiger partial charge >= 0.3 is 0 Å². The van der Waals surface area contributed by atoms with Gasteiger partial charge in [0, 0.05) is 17.3 Å². The van der Waals surface area contributed by atoms with E-state index < -0.39 is 0 Å². The van der Waals surface area contributed by atoms with Crippen LogP contribution < -0.4 is 14.8 Å². The standard InChI is InChI=1S/C16H12ClN5O3/c17-12-4-2-1-3-11(12)16-19-21-22(20-16)8-15(23)18-10-5-6-13-14(7-10)25-9-24-13/h1-7H,8-9H2,(H,18,23). The molecular weight excluding hydrogens is 346 g/mol. The zero-order valence-corrected chi connectivity index (χ0v) is 13.6. The van der Waals surface area contributed by atoms with Gasteiger partial charge in [-0.25, -0.2) is 0 Å². The maximum absolute atomic E-state index is 12.2. The third-order valence-electron chi connectivity index (χ3n) is 3.51. The van der Waals surface area contributed by atoms with Crippen LogP contribution in [0.1, 0.15) is 0 Å². The second kappa shape index (κ2) is 6.40. The average Bonchev–Trinajstić information content (AvgIpc) is 3.24. The summed E-state index contributed by atoms with van der Waals surface area (Å²) in [6.07, 6.45) is 0. The molecule has 25 heavy (non-hydrogen) atoms. The zero-order valence-electron chi connectivity index (χ0n) is 12.8. The van der Waals surface area contributed by atoms with Crippen molar-refractivity contribution in [2.45, 2.75) is 6.54 Å². The second-order valence-electron chi connectivity index (χ2n) is 5.24. The normalized spacial score (nSPS) is 12.2. The molecule has 0 spiro atoms. The van der Waals surface area contributed by atoms with Gasteiger partial charge in [0.1, 0.15) is 6.54 Å². The van der Waals surface area contributed by atoms with Crippen molar-refractivity contribution in [3.05, 3.63) is 47.5 Å². The van der Waals surface area contributed by atoms with Crippen LogP contribution in [0.3, 0.4) is 0 Å². The van der Waals surface area contributed by atoms with Crippen molar-refractivity contribution in [1.29, 1.82) is 0 Å². The van der Waals surface area contributed by atoms with Gasteiger partial charge in [0.25, 0.3) is 0 Å². The van der Waals surface area contributed by atoms with Crippen molar-refractivity contribution in [1.82, 2.24) is 20.2 Å². The minimum Gasteiger partial charge on any atom is -0.454 e. The first-order valence-electron chi connectivity index (χ1n) is 7.41. The highest BCUT2D eigenvalue weighted by molar-refractivity contribution is 6.33. The van der Waals surface area contributed by atoms with E-state index >= 15 is 0 Å². The van der Waals surface area contributed by atoms with Crippen molar-refractivity contribution >= 4 is 23.2 Å². The molecule has 0 saturated heterocycles. The van der Waals surface area contributed by atoms with Gasteiger partial charge in [-0.3, -0.25) is 4.79 Å². The van der Waals surface area contributed by atoms with Gasteiger partial charge in [-0.1, -0.05) is 23.7 Å². The molecule has 9 heteroatoms. The molecule has 0 unspecified atom stereocenters. The van der Waals surface area contributed by atoms with Crippen molar-refractivity contribution in [2.75, 3.05) is 12.1 Å². The number of hydrogen-bond acceptors (Lipinski definition) is 6. The molecule has 1 amide bonds. The van der Waals surface area contributed by atoms with Crippen LogP contribution in [0.5, 0.6) is 11.5 Å². The summed E-state index contributed by atoms with van der Waals surface area (Å²) in [5.74, 6) is 1.32. The average molecular weight is 358 g/mol. The van der Waals surface area contributed by atoms with Gasteiger partial charge in [-0.05, 0) is 29.5 Å². The summed E-state index contributed by atoms with van der Waals surface area (Å²) >= 11 is 6.11. The highest BCUT2D eigenvalue weighted by Gasteiger charge is 2.15. The Balaban J connectivity index is 1.44. The summed E-state index contributed by atoms with van der Waals surface area (Å²) in [7, 11) is 0. The third-order valence-corrected chi connectivity index (χ3v) is 3.84. The summed E-state index contributed by atoms with van der Waals surface area (Å²) in [4.78, 5) is 13.4. The summed E-state index contributed by atoms with van der Waals surface area (Å²) in [5.41, 5.74) is 1.26. The van der Waals surface area contributed by atoms with Gasteiger partial charge in [-0.2, -0.15) is 4.80 Å². The molecule has 1 aromatic heterocycles. The number of aromatic nitrogens is 4. The molecule has 126 valence electrons. The lowest BCUT2D eigenvalue weighted by atomic mass is 10.2. The van der Waals surface area contributed by atoms with Crippen molar-refractivity contribution in [3.8, 4) is 22.9 Å². The molecule has 2 aromatic carbocycles. The van der Waals surface area contributed by atoms with Gasteiger partial charge in [0.2, 0.25) is 18.5 Å². The Morgan fingerprint density at radius 1 is 1.20 bits per heavy atom. The highest BCUT2D eigenvalue weighted by atomic mass is 35.5. The van der Waals surface area contributed by atoms with E-state index in [1.165, 1.54) is 4.80 Å². The molecule has 0 radical (unpaired) electrons. The molecule has 1 aliphatic rings. The fourth-order valence-corrected chi connectivity index (χ4v) is 2.58. The van der Waals surface area contributed by atoms with Crippen LogP contribution in [0, 0.1) is 0 Å². The Hall–Kier alpha value is -3.13. The topological polar surface area (TPSA) is 91.2 Å². The summed E-state index contributed by atoms with van der Waals surface area (Å²) in [6.45, 7) is 0.103. The van der Waals surface area contributed by atoms with Crippen molar-refractivity contribution < 1.29 is 14.3 Å². The molecule has 0 aliphatic carbocycles. The molecular formula is C16H12ClN5O3.